The molecule has 0 aliphatic carbocycles. The van der Waals surface area contributed by atoms with Gasteiger partial charge in [-0.3, -0.25) is 0 Å². The summed E-state index contributed by atoms with van der Waals surface area (Å²) in [5.41, 5.74) is 5.41. The van der Waals surface area contributed by atoms with Gasteiger partial charge in [0.2, 0.25) is 5.71 Å². The van der Waals surface area contributed by atoms with Gasteiger partial charge in [-0.25, -0.2) is 14.6 Å². The quantitative estimate of drug-likeness (QED) is 0.278. The number of ether oxygens (including phenoxy) is 1. The Morgan fingerprint density at radius 1 is 1.67 bits per heavy atom. The fourth-order valence-corrected chi connectivity index (χ4v) is 1.45. The van der Waals surface area contributed by atoms with Crippen molar-refractivity contribution in [2.45, 2.75) is 6.92 Å². The van der Waals surface area contributed by atoms with Crippen LogP contribution in [0.4, 0.5) is 5.13 Å². The number of nitrogens with zero attached hydrogens (tertiary/aromatic N) is 2. The molecule has 0 aliphatic heterocycles. The van der Waals surface area contributed by atoms with E-state index in [-0.39, 0.29) is 23.1 Å². The first kappa shape index (κ1) is 13.8. The molecule has 1 aromatic heterocycles. The molecule has 0 fully saturated rings. The van der Waals surface area contributed by atoms with Gasteiger partial charge in [-0.2, -0.15) is 0 Å². The first-order valence-corrected chi connectivity index (χ1v) is 5.67. The van der Waals surface area contributed by atoms with Crippen LogP contribution in [0.2, 0.25) is 0 Å². The maximum Gasteiger partial charge on any atom is 0.363 e. The van der Waals surface area contributed by atoms with Gasteiger partial charge in [0.25, 0.3) is 0 Å². The summed E-state index contributed by atoms with van der Waals surface area (Å²) in [4.78, 5) is 30.6. The number of esters is 1. The van der Waals surface area contributed by atoms with Crippen molar-refractivity contribution < 1.29 is 19.2 Å². The predicted molar refractivity (Wildman–Crippen MR) is 66.0 cm³/mol. The number of thiazole rings is 1. The summed E-state index contributed by atoms with van der Waals surface area (Å²) in [5, 5.41) is 5.17. The van der Waals surface area contributed by atoms with Crippen molar-refractivity contribution in [1.29, 1.82) is 0 Å². The van der Waals surface area contributed by atoms with E-state index in [1.54, 1.807) is 0 Å². The van der Waals surface area contributed by atoms with Crippen molar-refractivity contribution in [3.05, 3.63) is 23.7 Å². The highest BCUT2D eigenvalue weighted by molar-refractivity contribution is 7.13. The van der Waals surface area contributed by atoms with Crippen LogP contribution in [0.5, 0.6) is 0 Å². The van der Waals surface area contributed by atoms with Crippen LogP contribution in [0.25, 0.3) is 0 Å². The highest BCUT2D eigenvalue weighted by atomic mass is 32.1. The Bertz CT molecular complexity index is 495. The van der Waals surface area contributed by atoms with Crippen LogP contribution in [0.3, 0.4) is 0 Å². The van der Waals surface area contributed by atoms with Crippen LogP contribution in [0, 0.1) is 0 Å². The highest BCUT2D eigenvalue weighted by Crippen LogP contribution is 2.13. The van der Waals surface area contributed by atoms with Gasteiger partial charge in [-0.1, -0.05) is 17.8 Å². The largest absolute Gasteiger partial charge is 0.457 e. The summed E-state index contributed by atoms with van der Waals surface area (Å²) in [6.45, 7) is 4.58. The fourth-order valence-electron chi connectivity index (χ4n) is 0.898. The van der Waals surface area contributed by atoms with E-state index in [9.17, 15) is 9.59 Å². The number of nitrogens with two attached hydrogens (primary N) is 1. The van der Waals surface area contributed by atoms with Crippen molar-refractivity contribution >= 4 is 34.1 Å². The number of hydrogen-bond acceptors (Lipinski definition) is 8. The fraction of sp³-hybridized carbons (Fsp3) is 0.200. The number of oxime groups is 1. The Labute approximate surface area is 107 Å². The van der Waals surface area contributed by atoms with E-state index in [2.05, 4.69) is 21.6 Å². The lowest BCUT2D eigenvalue weighted by Crippen LogP contribution is -2.20. The Kier molecular flexibility index (Phi) is 5.00. The summed E-state index contributed by atoms with van der Waals surface area (Å²) in [5.74, 6) is -1.44. The summed E-state index contributed by atoms with van der Waals surface area (Å²) in [6.07, 6.45) is 1.40. The molecule has 0 amide bonds. The van der Waals surface area contributed by atoms with Crippen molar-refractivity contribution in [1.82, 2.24) is 4.98 Å². The van der Waals surface area contributed by atoms with E-state index in [4.69, 9.17) is 10.5 Å². The third-order valence-corrected chi connectivity index (χ3v) is 2.23. The molecule has 0 unspecified atom stereocenters. The zero-order chi connectivity index (χ0) is 13.5. The summed E-state index contributed by atoms with van der Waals surface area (Å²) < 4.78 is 4.79. The number of aromatic nitrogens is 1. The monoisotopic (exact) mass is 269 g/mol. The third kappa shape index (κ3) is 3.98. The molecule has 1 rings (SSSR count). The molecule has 0 aromatic carbocycles. The number of carbonyl (C=O) groups is 2. The molecule has 8 heteroatoms. The standard InChI is InChI=1S/C10H11N3O4S/c1-3-4-16-9(15)8(13-17-6(2)14)7-5-18-10(11)12-7/h3,5H,1,4H2,2H3,(H2,11,12)/b13-8-. The Morgan fingerprint density at radius 2 is 2.39 bits per heavy atom. The molecule has 1 aromatic rings. The lowest BCUT2D eigenvalue weighted by molar-refractivity contribution is -0.141. The molecule has 0 atom stereocenters. The molecule has 96 valence electrons. The number of rotatable bonds is 5. The van der Waals surface area contributed by atoms with Gasteiger partial charge in [0.1, 0.15) is 12.3 Å². The van der Waals surface area contributed by atoms with E-state index in [0.29, 0.717) is 0 Å². The molecule has 0 aliphatic rings. The first-order valence-electron chi connectivity index (χ1n) is 4.79. The Balaban J connectivity index is 2.94. The van der Waals surface area contributed by atoms with E-state index in [0.717, 1.165) is 18.3 Å². The van der Waals surface area contributed by atoms with Gasteiger partial charge >= 0.3 is 11.9 Å². The summed E-state index contributed by atoms with van der Waals surface area (Å²) >= 11 is 1.13. The van der Waals surface area contributed by atoms with Gasteiger partial charge in [0.15, 0.2) is 5.13 Å². The van der Waals surface area contributed by atoms with Crippen molar-refractivity contribution in [2.24, 2.45) is 5.16 Å². The van der Waals surface area contributed by atoms with Crippen LogP contribution in [-0.2, 0) is 19.2 Å². The Hall–Kier alpha value is -2.22. The van der Waals surface area contributed by atoms with Crippen LogP contribution in [0.1, 0.15) is 12.6 Å². The molecule has 0 saturated heterocycles. The smallest absolute Gasteiger partial charge is 0.363 e. The van der Waals surface area contributed by atoms with E-state index in [1.807, 2.05) is 0 Å². The molecular weight excluding hydrogens is 258 g/mol. The number of anilines is 1. The number of hydrogen-bond donors (Lipinski definition) is 1. The minimum atomic E-state index is -0.776. The van der Waals surface area contributed by atoms with Crippen LogP contribution >= 0.6 is 11.3 Å². The van der Waals surface area contributed by atoms with Crippen molar-refractivity contribution in [3.8, 4) is 0 Å². The second-order valence-electron chi connectivity index (χ2n) is 2.98. The molecule has 7 nitrogen and oxygen atoms in total. The van der Waals surface area contributed by atoms with Crippen LogP contribution in [-0.4, -0.2) is 29.2 Å². The molecule has 0 bridgehead atoms. The van der Waals surface area contributed by atoms with Gasteiger partial charge in [0.05, 0.1) is 0 Å². The molecular formula is C10H11N3O4S. The van der Waals surface area contributed by atoms with Crippen molar-refractivity contribution in [2.75, 3.05) is 12.3 Å². The van der Waals surface area contributed by atoms with E-state index < -0.39 is 11.9 Å². The van der Waals surface area contributed by atoms with E-state index >= 15 is 0 Å². The second kappa shape index (κ2) is 6.50. The lowest BCUT2D eigenvalue weighted by Gasteiger charge is -2.02. The average molecular weight is 269 g/mol. The molecule has 2 N–H and O–H groups in total. The first-order chi connectivity index (χ1) is 8.54. The zero-order valence-corrected chi connectivity index (χ0v) is 10.4. The predicted octanol–water partition coefficient (Wildman–Crippen LogP) is 0.722. The molecule has 0 spiro atoms. The third-order valence-electron chi connectivity index (χ3n) is 1.56. The maximum absolute atomic E-state index is 11.7. The molecule has 18 heavy (non-hydrogen) atoms. The summed E-state index contributed by atoms with van der Waals surface area (Å²) in [6, 6.07) is 0. The minimum absolute atomic E-state index is 0.0115. The normalized spacial score (nSPS) is 10.8. The van der Waals surface area contributed by atoms with E-state index in [1.165, 1.54) is 11.5 Å². The zero-order valence-electron chi connectivity index (χ0n) is 9.58. The number of carbonyl (C=O) groups excluding carboxylic acids is 2. The molecule has 1 heterocycles. The topological polar surface area (TPSA) is 104 Å². The lowest BCUT2D eigenvalue weighted by atomic mass is 10.3. The van der Waals surface area contributed by atoms with Gasteiger partial charge in [-0.05, 0) is 0 Å². The SMILES string of the molecule is C=CCOC(=O)/C(=N\OC(C)=O)c1csc(N)n1. The van der Waals surface area contributed by atoms with Crippen molar-refractivity contribution in [3.63, 3.8) is 0 Å². The van der Waals surface area contributed by atoms with Crippen LogP contribution < -0.4 is 5.73 Å². The minimum Gasteiger partial charge on any atom is -0.457 e. The summed E-state index contributed by atoms with van der Waals surface area (Å²) in [7, 11) is 0. The maximum atomic E-state index is 11.7. The van der Waals surface area contributed by atoms with Gasteiger partial charge < -0.3 is 15.3 Å². The molecule has 0 radical (unpaired) electrons. The van der Waals surface area contributed by atoms with Gasteiger partial charge in [0, 0.05) is 12.3 Å². The van der Waals surface area contributed by atoms with Crippen LogP contribution in [0.15, 0.2) is 23.2 Å². The Morgan fingerprint density at radius 3 is 2.89 bits per heavy atom. The molecule has 0 saturated carbocycles. The highest BCUT2D eigenvalue weighted by Gasteiger charge is 2.20. The number of nitrogen functional groups attached to an aromatic ring is 1. The average Bonchev–Trinajstić information content (AvgIpc) is 2.73. The van der Waals surface area contributed by atoms with Gasteiger partial charge in [-0.15, -0.1) is 11.3 Å². The second-order valence-corrected chi connectivity index (χ2v) is 3.87.